The van der Waals surface area contributed by atoms with Gasteiger partial charge in [-0.25, -0.2) is 0 Å². The second-order valence-electron chi connectivity index (χ2n) is 7.14. The van der Waals surface area contributed by atoms with Crippen molar-refractivity contribution >= 4 is 11.4 Å². The number of rotatable bonds is 2. The predicted octanol–water partition coefficient (Wildman–Crippen LogP) is 4.80. The van der Waals surface area contributed by atoms with E-state index in [0.29, 0.717) is 0 Å². The van der Waals surface area contributed by atoms with Crippen molar-refractivity contribution < 1.29 is 4.92 Å². The molecule has 0 aliphatic heterocycles. The average Bonchev–Trinajstić information content (AvgIpc) is 3.29. The molecule has 4 heteroatoms. The van der Waals surface area contributed by atoms with Gasteiger partial charge in [0.05, 0.1) is 4.92 Å². The number of anilines is 1. The third kappa shape index (κ3) is 4.24. The van der Waals surface area contributed by atoms with Gasteiger partial charge in [0.25, 0.3) is 5.69 Å². The fraction of sp³-hybridized carbons (Fsp3) is 0.0769. The Balaban J connectivity index is 1.44. The first-order valence-electron chi connectivity index (χ1n) is 9.41. The highest BCUT2D eigenvalue weighted by Crippen LogP contribution is 2.31. The molecule has 4 nitrogen and oxygen atoms in total. The number of nitrogens with zero attached hydrogens (tertiary/aromatic N) is 2. The van der Waals surface area contributed by atoms with E-state index in [2.05, 4.69) is 52.9 Å². The Morgan fingerprint density at radius 3 is 1.60 bits per heavy atom. The Morgan fingerprint density at radius 2 is 1.17 bits per heavy atom. The Labute approximate surface area is 175 Å². The minimum absolute atomic E-state index is 0.0647. The molecule has 0 spiro atoms. The highest BCUT2D eigenvalue weighted by molar-refractivity contribution is 5.71. The number of hydrogen-bond donors (Lipinski definition) is 0. The first-order chi connectivity index (χ1) is 14.5. The molecular weight excluding hydrogens is 372 g/mol. The van der Waals surface area contributed by atoms with Gasteiger partial charge in [-0.15, -0.1) is 0 Å². The molecule has 4 rings (SSSR count). The zero-order valence-corrected chi connectivity index (χ0v) is 16.6. The predicted molar refractivity (Wildman–Crippen MR) is 120 cm³/mol. The van der Waals surface area contributed by atoms with Crippen molar-refractivity contribution in [3.05, 3.63) is 116 Å². The van der Waals surface area contributed by atoms with Crippen molar-refractivity contribution in [2.75, 3.05) is 19.0 Å². The van der Waals surface area contributed by atoms with Crippen molar-refractivity contribution in [3.63, 3.8) is 0 Å². The normalized spacial score (nSPS) is 13.5. The van der Waals surface area contributed by atoms with Gasteiger partial charge >= 0.3 is 0 Å². The summed E-state index contributed by atoms with van der Waals surface area (Å²) in [6, 6.07) is 14.4. The van der Waals surface area contributed by atoms with Gasteiger partial charge in [-0.2, -0.15) is 0 Å². The molecule has 2 aliphatic carbocycles. The van der Waals surface area contributed by atoms with Crippen molar-refractivity contribution in [1.82, 2.24) is 0 Å². The standard InChI is InChI=1S/C26H18N2O2/c1-27(2)25-11-7-19(8-12-25)3-5-21-15-23-17-22(18-24(23)16-21)6-4-20-9-13-26(14-10-20)28(29)30/h7-18H,1-2H3. The smallest absolute Gasteiger partial charge is 0.269 e. The third-order valence-electron chi connectivity index (χ3n) is 4.74. The van der Waals surface area contributed by atoms with Crippen LogP contribution >= 0.6 is 0 Å². The van der Waals surface area contributed by atoms with E-state index in [-0.39, 0.29) is 5.69 Å². The largest absolute Gasteiger partial charge is 0.378 e. The molecule has 0 amide bonds. The Bertz CT molecular complexity index is 1270. The van der Waals surface area contributed by atoms with Crippen LogP contribution in [0.3, 0.4) is 0 Å². The van der Waals surface area contributed by atoms with Crippen molar-refractivity contribution in [1.29, 1.82) is 0 Å². The van der Waals surface area contributed by atoms with Crippen LogP contribution in [0.15, 0.2) is 95.1 Å². The molecule has 0 atom stereocenters. The van der Waals surface area contributed by atoms with Crippen LogP contribution in [0, 0.1) is 33.8 Å². The fourth-order valence-electron chi connectivity index (χ4n) is 3.11. The Hall–Kier alpha value is -4.28. The molecule has 0 saturated carbocycles. The van der Waals surface area contributed by atoms with Gasteiger partial charge < -0.3 is 4.90 Å². The number of benzene rings is 2. The maximum absolute atomic E-state index is 10.7. The average molecular weight is 390 g/mol. The van der Waals surface area contributed by atoms with Crippen LogP contribution < -0.4 is 4.90 Å². The van der Waals surface area contributed by atoms with E-state index in [9.17, 15) is 10.1 Å². The quantitative estimate of drug-likeness (QED) is 0.421. The summed E-state index contributed by atoms with van der Waals surface area (Å²) in [5.74, 6) is 12.6. The molecule has 0 N–H and O–H groups in total. The molecule has 0 aromatic heterocycles. The van der Waals surface area contributed by atoms with Crippen LogP contribution in [-0.4, -0.2) is 19.0 Å². The number of allylic oxidation sites excluding steroid dienone is 8. The fourth-order valence-corrected chi connectivity index (χ4v) is 3.11. The number of nitro benzene ring substituents is 1. The number of fused-ring (bicyclic) bond motifs is 1. The van der Waals surface area contributed by atoms with Crippen LogP contribution in [-0.2, 0) is 0 Å². The minimum Gasteiger partial charge on any atom is -0.378 e. The van der Waals surface area contributed by atoms with Crippen LogP contribution in [0.5, 0.6) is 0 Å². The molecule has 30 heavy (non-hydrogen) atoms. The van der Waals surface area contributed by atoms with E-state index < -0.39 is 4.92 Å². The van der Waals surface area contributed by atoms with Crippen molar-refractivity contribution in [3.8, 4) is 23.7 Å². The van der Waals surface area contributed by atoms with Crippen LogP contribution in [0.25, 0.3) is 0 Å². The maximum atomic E-state index is 10.7. The third-order valence-corrected chi connectivity index (χ3v) is 4.74. The lowest BCUT2D eigenvalue weighted by molar-refractivity contribution is -0.384. The zero-order valence-electron chi connectivity index (χ0n) is 16.6. The Kier molecular flexibility index (Phi) is 5.08. The molecular formula is C26H18N2O2. The topological polar surface area (TPSA) is 46.4 Å². The first kappa shape index (κ1) is 19.1. The summed E-state index contributed by atoms with van der Waals surface area (Å²) in [5, 5.41) is 10.7. The summed E-state index contributed by atoms with van der Waals surface area (Å²) in [6.45, 7) is 0. The van der Waals surface area contributed by atoms with E-state index >= 15 is 0 Å². The molecule has 144 valence electrons. The van der Waals surface area contributed by atoms with Gasteiger partial charge in [0, 0.05) is 54.2 Å². The molecule has 0 radical (unpaired) electrons. The van der Waals surface area contributed by atoms with Crippen molar-refractivity contribution in [2.45, 2.75) is 0 Å². The zero-order chi connectivity index (χ0) is 21.1. The molecule has 0 saturated heterocycles. The molecule has 2 aliphatic rings. The van der Waals surface area contributed by atoms with E-state index in [1.54, 1.807) is 12.1 Å². The van der Waals surface area contributed by atoms with Gasteiger partial charge in [0.2, 0.25) is 0 Å². The van der Waals surface area contributed by atoms with Gasteiger partial charge in [-0.05, 0) is 71.8 Å². The van der Waals surface area contributed by atoms with Crippen molar-refractivity contribution in [2.24, 2.45) is 0 Å². The van der Waals surface area contributed by atoms with E-state index in [0.717, 1.165) is 39.1 Å². The second kappa shape index (κ2) is 7.99. The van der Waals surface area contributed by atoms with Crippen LogP contribution in [0.4, 0.5) is 11.4 Å². The monoisotopic (exact) mass is 390 g/mol. The molecule has 2 aromatic rings. The lowest BCUT2D eigenvalue weighted by Crippen LogP contribution is -2.07. The maximum Gasteiger partial charge on any atom is 0.269 e. The summed E-state index contributed by atoms with van der Waals surface area (Å²) < 4.78 is 0. The van der Waals surface area contributed by atoms with Gasteiger partial charge in [-0.1, -0.05) is 23.7 Å². The summed E-state index contributed by atoms with van der Waals surface area (Å²) in [7, 11) is 4.03. The molecule has 0 unspecified atom stereocenters. The van der Waals surface area contributed by atoms with Crippen LogP contribution in [0.2, 0.25) is 0 Å². The second-order valence-corrected chi connectivity index (χ2v) is 7.14. The Morgan fingerprint density at radius 1 is 0.700 bits per heavy atom. The minimum atomic E-state index is -0.416. The summed E-state index contributed by atoms with van der Waals surface area (Å²) >= 11 is 0. The SMILES string of the molecule is CN(C)c1ccc(C#CC2=CC3=CC(C#Cc4ccc([N+](=O)[O-])cc4)=CC3=C2)cc1. The number of non-ortho nitro benzene ring substituents is 1. The highest BCUT2D eigenvalue weighted by atomic mass is 16.6. The lowest BCUT2D eigenvalue weighted by Gasteiger charge is -2.11. The molecule has 0 heterocycles. The molecule has 2 aromatic carbocycles. The summed E-state index contributed by atoms with van der Waals surface area (Å²) in [6.07, 6.45) is 8.19. The van der Waals surface area contributed by atoms with E-state index in [1.807, 2.05) is 38.4 Å². The lowest BCUT2D eigenvalue weighted by atomic mass is 10.1. The molecule has 0 bridgehead atoms. The van der Waals surface area contributed by atoms with Crippen LogP contribution in [0.1, 0.15) is 11.1 Å². The van der Waals surface area contributed by atoms with Gasteiger partial charge in [0.1, 0.15) is 0 Å². The molecule has 0 fully saturated rings. The number of hydrogen-bond acceptors (Lipinski definition) is 3. The highest BCUT2D eigenvalue weighted by Gasteiger charge is 2.15. The van der Waals surface area contributed by atoms with E-state index in [4.69, 9.17) is 0 Å². The summed E-state index contributed by atoms with van der Waals surface area (Å²) in [4.78, 5) is 12.4. The van der Waals surface area contributed by atoms with E-state index in [1.165, 1.54) is 12.1 Å². The first-order valence-corrected chi connectivity index (χ1v) is 9.41. The number of nitro groups is 1. The summed E-state index contributed by atoms with van der Waals surface area (Å²) in [5.41, 5.74) is 7.04. The van der Waals surface area contributed by atoms with Gasteiger partial charge in [0.15, 0.2) is 0 Å². The van der Waals surface area contributed by atoms with Gasteiger partial charge in [-0.3, -0.25) is 10.1 Å².